The molecule has 25 heavy (non-hydrogen) atoms. The molecule has 136 valence electrons. The van der Waals surface area contributed by atoms with Gasteiger partial charge in [-0.3, -0.25) is 4.72 Å². The zero-order chi connectivity index (χ0) is 18.8. The third-order valence-corrected chi connectivity index (χ3v) is 6.81. The van der Waals surface area contributed by atoms with Gasteiger partial charge in [0, 0.05) is 0 Å². The van der Waals surface area contributed by atoms with E-state index in [1.807, 2.05) is 13.8 Å². The highest BCUT2D eigenvalue weighted by atomic mass is 32.2. The number of hydrogen-bond acceptors (Lipinski definition) is 4. The zero-order valence-electron chi connectivity index (χ0n) is 14.6. The van der Waals surface area contributed by atoms with Crippen LogP contribution in [0.5, 0.6) is 0 Å². The van der Waals surface area contributed by atoms with E-state index in [4.69, 9.17) is 0 Å². The van der Waals surface area contributed by atoms with E-state index in [0.29, 0.717) is 11.5 Å². The Morgan fingerprint density at radius 3 is 2.00 bits per heavy atom. The fourth-order valence-corrected chi connectivity index (χ4v) is 4.35. The molecule has 2 aromatic carbocycles. The molecule has 0 spiro atoms. The Kier molecular flexibility index (Phi) is 5.55. The molecule has 0 fully saturated rings. The van der Waals surface area contributed by atoms with E-state index in [-0.39, 0.29) is 15.5 Å². The fourth-order valence-electron chi connectivity index (χ4n) is 2.31. The van der Waals surface area contributed by atoms with Crippen LogP contribution in [0.4, 0.5) is 5.69 Å². The van der Waals surface area contributed by atoms with E-state index in [1.165, 1.54) is 31.3 Å². The number of nitrogens with one attached hydrogen (secondary N) is 2. The van der Waals surface area contributed by atoms with Gasteiger partial charge in [-0.2, -0.15) is 0 Å². The first-order chi connectivity index (χ1) is 11.6. The monoisotopic (exact) mass is 382 g/mol. The first kappa shape index (κ1) is 19.4. The average molecular weight is 383 g/mol. The molecule has 0 aliphatic heterocycles. The maximum atomic E-state index is 12.5. The molecule has 0 aliphatic rings. The summed E-state index contributed by atoms with van der Waals surface area (Å²) in [5.74, 6) is 0.302. The number of aryl methyl sites for hydroxylation is 1. The van der Waals surface area contributed by atoms with Crippen molar-refractivity contribution < 1.29 is 16.8 Å². The molecule has 8 heteroatoms. The molecule has 2 N–H and O–H groups in total. The molecule has 0 atom stereocenters. The second-order valence-electron chi connectivity index (χ2n) is 6.02. The maximum absolute atomic E-state index is 12.5. The first-order valence-electron chi connectivity index (χ1n) is 7.74. The minimum atomic E-state index is -3.80. The third kappa shape index (κ3) is 4.39. The van der Waals surface area contributed by atoms with E-state index in [2.05, 4.69) is 9.44 Å². The van der Waals surface area contributed by atoms with E-state index in [1.54, 1.807) is 25.1 Å². The molecular formula is C17H22N2O4S2. The summed E-state index contributed by atoms with van der Waals surface area (Å²) in [5.41, 5.74) is 1.75. The van der Waals surface area contributed by atoms with Crippen LogP contribution in [0.1, 0.15) is 30.9 Å². The Bertz CT molecular complexity index is 964. The van der Waals surface area contributed by atoms with Gasteiger partial charge in [-0.1, -0.05) is 32.0 Å². The van der Waals surface area contributed by atoms with Gasteiger partial charge in [0.05, 0.1) is 15.5 Å². The molecule has 2 aromatic rings. The van der Waals surface area contributed by atoms with E-state index >= 15 is 0 Å². The van der Waals surface area contributed by atoms with Crippen LogP contribution < -0.4 is 9.44 Å². The van der Waals surface area contributed by atoms with Crippen molar-refractivity contribution in [3.8, 4) is 0 Å². The second-order valence-corrected chi connectivity index (χ2v) is 9.55. The minimum absolute atomic E-state index is 0.0327. The van der Waals surface area contributed by atoms with Crippen molar-refractivity contribution in [2.24, 2.45) is 0 Å². The van der Waals surface area contributed by atoms with E-state index < -0.39 is 20.0 Å². The summed E-state index contributed by atoms with van der Waals surface area (Å²) in [6, 6.07) is 11.0. The number of anilines is 1. The minimum Gasteiger partial charge on any atom is -0.280 e. The highest BCUT2D eigenvalue weighted by Gasteiger charge is 2.18. The summed E-state index contributed by atoms with van der Waals surface area (Å²) in [4.78, 5) is 0.154. The number of sulfonamides is 2. The molecule has 6 nitrogen and oxygen atoms in total. The molecule has 0 saturated heterocycles. The van der Waals surface area contributed by atoms with Crippen LogP contribution in [0, 0.1) is 6.92 Å². The number of rotatable bonds is 6. The molecule has 0 amide bonds. The fraction of sp³-hybridized carbons (Fsp3) is 0.294. The standard InChI is InChI=1S/C17H22N2O4S2/c1-12(2)14-6-9-16(10-7-14)24(20,21)19-15-8-5-13(3)17(11-15)25(22,23)18-4/h5-12,18-19H,1-4H3. The molecule has 0 unspecified atom stereocenters. The summed E-state index contributed by atoms with van der Waals surface area (Å²) in [5, 5.41) is 0. The molecule has 0 saturated carbocycles. The van der Waals surface area contributed by atoms with E-state index in [9.17, 15) is 16.8 Å². The quantitative estimate of drug-likeness (QED) is 0.803. The second kappa shape index (κ2) is 7.15. The topological polar surface area (TPSA) is 92.3 Å². The summed E-state index contributed by atoms with van der Waals surface area (Å²) in [7, 11) is -6.17. The smallest absolute Gasteiger partial charge is 0.261 e. The predicted molar refractivity (Wildman–Crippen MR) is 98.8 cm³/mol. The summed E-state index contributed by atoms with van der Waals surface area (Å²) in [6.07, 6.45) is 0. The molecule has 0 heterocycles. The molecular weight excluding hydrogens is 360 g/mol. The third-order valence-electron chi connectivity index (χ3n) is 3.86. The van der Waals surface area contributed by atoms with Gasteiger partial charge >= 0.3 is 0 Å². The van der Waals surface area contributed by atoms with Crippen LogP contribution in [0.2, 0.25) is 0 Å². The SMILES string of the molecule is CNS(=O)(=O)c1cc(NS(=O)(=O)c2ccc(C(C)C)cc2)ccc1C. The molecule has 0 aliphatic carbocycles. The summed E-state index contributed by atoms with van der Waals surface area (Å²) in [6.45, 7) is 5.70. The molecule has 0 bridgehead atoms. The zero-order valence-corrected chi connectivity index (χ0v) is 16.2. The molecule has 0 aromatic heterocycles. The van der Waals surface area contributed by atoms with Gasteiger partial charge in [0.2, 0.25) is 10.0 Å². The van der Waals surface area contributed by atoms with Crippen molar-refractivity contribution in [1.29, 1.82) is 0 Å². The largest absolute Gasteiger partial charge is 0.280 e. The van der Waals surface area contributed by atoms with E-state index in [0.717, 1.165) is 5.56 Å². The lowest BCUT2D eigenvalue weighted by atomic mass is 10.0. The van der Waals surface area contributed by atoms with Crippen LogP contribution in [-0.4, -0.2) is 23.9 Å². The Morgan fingerprint density at radius 1 is 0.880 bits per heavy atom. The lowest BCUT2D eigenvalue weighted by Gasteiger charge is -2.12. The normalized spacial score (nSPS) is 12.4. The Labute approximate surface area is 149 Å². The number of benzene rings is 2. The Hall–Kier alpha value is -1.90. The van der Waals surface area contributed by atoms with Crippen molar-refractivity contribution in [2.75, 3.05) is 11.8 Å². The summed E-state index contributed by atoms with van der Waals surface area (Å²) >= 11 is 0. The van der Waals surface area contributed by atoms with Crippen LogP contribution in [0.3, 0.4) is 0 Å². The van der Waals surface area contributed by atoms with Gasteiger partial charge < -0.3 is 0 Å². The average Bonchev–Trinajstić information content (AvgIpc) is 2.56. The van der Waals surface area contributed by atoms with Crippen LogP contribution in [0.15, 0.2) is 52.3 Å². The molecule has 0 radical (unpaired) electrons. The van der Waals surface area contributed by atoms with Crippen LogP contribution in [-0.2, 0) is 20.0 Å². The number of hydrogen-bond donors (Lipinski definition) is 2. The molecule has 2 rings (SSSR count). The Balaban J connectivity index is 2.36. The highest BCUT2D eigenvalue weighted by Crippen LogP contribution is 2.23. The van der Waals surface area contributed by atoms with Crippen LogP contribution in [0.25, 0.3) is 0 Å². The van der Waals surface area contributed by atoms with Crippen molar-refractivity contribution in [3.05, 3.63) is 53.6 Å². The van der Waals surface area contributed by atoms with Gasteiger partial charge in [0.15, 0.2) is 0 Å². The van der Waals surface area contributed by atoms with Crippen molar-refractivity contribution in [2.45, 2.75) is 36.5 Å². The maximum Gasteiger partial charge on any atom is 0.261 e. The van der Waals surface area contributed by atoms with Gasteiger partial charge in [0.25, 0.3) is 10.0 Å². The first-order valence-corrected chi connectivity index (χ1v) is 10.7. The summed E-state index contributed by atoms with van der Waals surface area (Å²) < 4.78 is 53.7. The van der Waals surface area contributed by atoms with Gasteiger partial charge in [0.1, 0.15) is 0 Å². The van der Waals surface area contributed by atoms with Gasteiger partial charge in [-0.25, -0.2) is 21.6 Å². The van der Waals surface area contributed by atoms with Crippen molar-refractivity contribution in [1.82, 2.24) is 4.72 Å². The lowest BCUT2D eigenvalue weighted by Crippen LogP contribution is -2.20. The highest BCUT2D eigenvalue weighted by molar-refractivity contribution is 7.92. The lowest BCUT2D eigenvalue weighted by molar-refractivity contribution is 0.587. The van der Waals surface area contributed by atoms with Crippen molar-refractivity contribution >= 4 is 25.7 Å². The van der Waals surface area contributed by atoms with Crippen molar-refractivity contribution in [3.63, 3.8) is 0 Å². The Morgan fingerprint density at radius 2 is 1.48 bits per heavy atom. The van der Waals surface area contributed by atoms with Gasteiger partial charge in [-0.15, -0.1) is 0 Å². The van der Waals surface area contributed by atoms with Crippen LogP contribution >= 0.6 is 0 Å². The predicted octanol–water partition coefficient (Wildman–Crippen LogP) is 2.83. The van der Waals surface area contributed by atoms with Gasteiger partial charge in [-0.05, 0) is 55.3 Å².